The van der Waals surface area contributed by atoms with Crippen LogP contribution in [0.1, 0.15) is 97.3 Å². The van der Waals surface area contributed by atoms with Crippen LogP contribution >= 0.6 is 0 Å². The van der Waals surface area contributed by atoms with E-state index in [0.29, 0.717) is 0 Å². The summed E-state index contributed by atoms with van der Waals surface area (Å²) in [5.41, 5.74) is 0. The van der Waals surface area contributed by atoms with Crippen LogP contribution < -0.4 is 5.32 Å². The molecule has 1 aliphatic heterocycles. The van der Waals surface area contributed by atoms with Gasteiger partial charge in [-0.15, -0.1) is 0 Å². The molecule has 0 radical (unpaired) electrons. The van der Waals surface area contributed by atoms with Crippen LogP contribution in [0.15, 0.2) is 12.2 Å². The summed E-state index contributed by atoms with van der Waals surface area (Å²) >= 11 is 0. The van der Waals surface area contributed by atoms with Crippen LogP contribution in [0.2, 0.25) is 0 Å². The first-order valence-electron chi connectivity index (χ1n) is 13.9. The number of carbonyl (C=O) groups is 1. The first-order chi connectivity index (χ1) is 17.3. The van der Waals surface area contributed by atoms with Crippen molar-refractivity contribution in [3.05, 3.63) is 12.2 Å². The molecule has 212 valence electrons. The van der Waals surface area contributed by atoms with Gasteiger partial charge in [-0.1, -0.05) is 90.2 Å². The second-order valence-electron chi connectivity index (χ2n) is 9.80. The number of aliphatic hydroxyl groups is 5. The van der Waals surface area contributed by atoms with Crippen LogP contribution in [0.5, 0.6) is 0 Å². The lowest BCUT2D eigenvalue weighted by molar-refractivity contribution is -0.302. The minimum absolute atomic E-state index is 0.196. The van der Waals surface area contributed by atoms with Crippen LogP contribution in [0.25, 0.3) is 0 Å². The SMILES string of the molecule is CCCCCCCCCCCCC/C=C/C(O)C(COC1OC(CO)C(O)C(O)C1O)NC(=O)CC. The third-order valence-corrected chi connectivity index (χ3v) is 6.68. The monoisotopic (exact) mass is 517 g/mol. The van der Waals surface area contributed by atoms with Gasteiger partial charge in [0.25, 0.3) is 0 Å². The van der Waals surface area contributed by atoms with Gasteiger partial charge in [-0.2, -0.15) is 0 Å². The van der Waals surface area contributed by atoms with E-state index < -0.39 is 49.5 Å². The Morgan fingerprint density at radius 1 is 0.917 bits per heavy atom. The van der Waals surface area contributed by atoms with Gasteiger partial charge >= 0.3 is 0 Å². The highest BCUT2D eigenvalue weighted by molar-refractivity contribution is 5.75. The zero-order chi connectivity index (χ0) is 26.8. The molecule has 7 unspecified atom stereocenters. The first-order valence-corrected chi connectivity index (χ1v) is 13.9. The summed E-state index contributed by atoms with van der Waals surface area (Å²) < 4.78 is 10.9. The van der Waals surface area contributed by atoms with Crippen LogP contribution in [0.3, 0.4) is 0 Å². The van der Waals surface area contributed by atoms with E-state index in [0.717, 1.165) is 19.3 Å². The lowest BCUT2D eigenvalue weighted by atomic mass is 9.99. The van der Waals surface area contributed by atoms with Gasteiger partial charge in [0.2, 0.25) is 5.91 Å². The average molecular weight is 518 g/mol. The Morgan fingerprint density at radius 3 is 2.06 bits per heavy atom. The molecule has 0 bridgehead atoms. The molecular formula is C27H51NO8. The Balaban J connectivity index is 2.37. The van der Waals surface area contributed by atoms with Crippen LogP contribution in [0, 0.1) is 0 Å². The maximum atomic E-state index is 11.9. The van der Waals surface area contributed by atoms with Crippen molar-refractivity contribution in [1.29, 1.82) is 0 Å². The molecule has 9 heteroatoms. The van der Waals surface area contributed by atoms with Gasteiger partial charge in [-0.05, 0) is 12.8 Å². The fourth-order valence-electron chi connectivity index (χ4n) is 4.23. The van der Waals surface area contributed by atoms with Crippen molar-refractivity contribution in [2.75, 3.05) is 13.2 Å². The first kappa shape index (κ1) is 33.0. The average Bonchev–Trinajstić information content (AvgIpc) is 2.88. The molecule has 9 nitrogen and oxygen atoms in total. The van der Waals surface area contributed by atoms with Crippen molar-refractivity contribution in [2.45, 2.75) is 140 Å². The van der Waals surface area contributed by atoms with Crippen molar-refractivity contribution in [2.24, 2.45) is 0 Å². The van der Waals surface area contributed by atoms with Gasteiger partial charge in [0.1, 0.15) is 24.4 Å². The Bertz CT molecular complexity index is 588. The molecule has 0 saturated carbocycles. The zero-order valence-electron chi connectivity index (χ0n) is 22.3. The molecule has 1 aliphatic rings. The van der Waals surface area contributed by atoms with E-state index in [1.54, 1.807) is 13.0 Å². The zero-order valence-corrected chi connectivity index (χ0v) is 22.3. The van der Waals surface area contributed by atoms with Gasteiger partial charge in [0.05, 0.1) is 25.4 Å². The number of hydrogen-bond acceptors (Lipinski definition) is 8. The summed E-state index contributed by atoms with van der Waals surface area (Å²) in [4.78, 5) is 11.9. The van der Waals surface area contributed by atoms with Gasteiger partial charge in [-0.25, -0.2) is 0 Å². The maximum Gasteiger partial charge on any atom is 0.220 e. The minimum Gasteiger partial charge on any atom is -0.394 e. The number of carbonyl (C=O) groups excluding carboxylic acids is 1. The number of amides is 1. The number of ether oxygens (including phenoxy) is 2. The smallest absolute Gasteiger partial charge is 0.220 e. The largest absolute Gasteiger partial charge is 0.394 e. The Morgan fingerprint density at radius 2 is 1.50 bits per heavy atom. The molecule has 1 rings (SSSR count). The van der Waals surface area contributed by atoms with E-state index in [4.69, 9.17) is 9.47 Å². The summed E-state index contributed by atoms with van der Waals surface area (Å²) in [7, 11) is 0. The molecule has 36 heavy (non-hydrogen) atoms. The van der Waals surface area contributed by atoms with Crippen molar-refractivity contribution < 1.29 is 39.8 Å². The number of allylic oxidation sites excluding steroid dienone is 1. The molecule has 0 aromatic heterocycles. The third kappa shape index (κ3) is 12.9. The summed E-state index contributed by atoms with van der Waals surface area (Å²) in [6.45, 7) is 3.17. The molecule has 6 N–H and O–H groups in total. The van der Waals surface area contributed by atoms with Gasteiger partial charge in [0, 0.05) is 6.42 Å². The lowest BCUT2D eigenvalue weighted by Crippen LogP contribution is -2.60. The molecule has 0 aliphatic carbocycles. The predicted molar refractivity (Wildman–Crippen MR) is 138 cm³/mol. The number of hydrogen-bond donors (Lipinski definition) is 6. The van der Waals surface area contributed by atoms with Crippen LogP contribution in [-0.2, 0) is 14.3 Å². The Kier molecular flexibility index (Phi) is 18.3. The summed E-state index contributed by atoms with van der Waals surface area (Å²) in [6, 6.07) is -0.793. The second kappa shape index (κ2) is 20.0. The molecule has 1 fully saturated rings. The molecule has 1 saturated heterocycles. The number of aliphatic hydroxyl groups excluding tert-OH is 5. The van der Waals surface area contributed by atoms with Crippen molar-refractivity contribution in [1.82, 2.24) is 5.32 Å². The lowest BCUT2D eigenvalue weighted by Gasteiger charge is -2.40. The van der Waals surface area contributed by atoms with E-state index in [9.17, 15) is 30.3 Å². The van der Waals surface area contributed by atoms with E-state index in [-0.39, 0.29) is 18.9 Å². The highest BCUT2D eigenvalue weighted by Crippen LogP contribution is 2.22. The van der Waals surface area contributed by atoms with Crippen molar-refractivity contribution >= 4 is 5.91 Å². The highest BCUT2D eigenvalue weighted by atomic mass is 16.7. The number of rotatable bonds is 20. The topological polar surface area (TPSA) is 149 Å². The van der Waals surface area contributed by atoms with E-state index >= 15 is 0 Å². The summed E-state index contributed by atoms with van der Waals surface area (Å²) in [5, 5.41) is 52.5. The highest BCUT2D eigenvalue weighted by Gasteiger charge is 2.44. The fraction of sp³-hybridized carbons (Fsp3) is 0.889. The van der Waals surface area contributed by atoms with Crippen LogP contribution in [0.4, 0.5) is 0 Å². The van der Waals surface area contributed by atoms with Gasteiger partial charge in [0.15, 0.2) is 6.29 Å². The van der Waals surface area contributed by atoms with E-state index in [2.05, 4.69) is 12.2 Å². The maximum absolute atomic E-state index is 11.9. The molecule has 1 amide bonds. The van der Waals surface area contributed by atoms with E-state index in [1.165, 1.54) is 57.8 Å². The second-order valence-corrected chi connectivity index (χ2v) is 9.80. The number of unbranched alkanes of at least 4 members (excludes halogenated alkanes) is 11. The molecular weight excluding hydrogens is 466 g/mol. The minimum atomic E-state index is -1.56. The van der Waals surface area contributed by atoms with Gasteiger partial charge < -0.3 is 40.3 Å². The number of nitrogens with one attached hydrogen (secondary N) is 1. The molecule has 0 aromatic carbocycles. The summed E-state index contributed by atoms with van der Waals surface area (Å²) in [6.07, 6.45) is 10.6. The standard InChI is InChI=1S/C27H51NO8/c1-3-5-6-7-8-9-10-11-12-13-14-15-16-17-21(30)20(28-23(31)4-2)19-35-27-26(34)25(33)24(32)22(18-29)36-27/h16-17,20-22,24-27,29-30,32-34H,3-15,18-19H2,1-2H3,(H,28,31)/b17-16+. The molecule has 0 aromatic rings. The Hall–Kier alpha value is -1.07. The Labute approximate surface area is 216 Å². The normalized spacial score (nSPS) is 26.2. The molecule has 7 atom stereocenters. The summed E-state index contributed by atoms with van der Waals surface area (Å²) in [5.74, 6) is -0.268. The van der Waals surface area contributed by atoms with Crippen molar-refractivity contribution in [3.63, 3.8) is 0 Å². The predicted octanol–water partition coefficient (Wildman–Crippen LogP) is 2.32. The fourth-order valence-corrected chi connectivity index (χ4v) is 4.23. The molecule has 1 heterocycles. The van der Waals surface area contributed by atoms with E-state index in [1.807, 2.05) is 6.08 Å². The third-order valence-electron chi connectivity index (χ3n) is 6.68. The molecule has 0 spiro atoms. The van der Waals surface area contributed by atoms with Crippen molar-refractivity contribution in [3.8, 4) is 0 Å². The quantitative estimate of drug-likeness (QED) is 0.106. The van der Waals surface area contributed by atoms with Crippen LogP contribution in [-0.4, -0.2) is 87.5 Å². The van der Waals surface area contributed by atoms with Gasteiger partial charge in [-0.3, -0.25) is 4.79 Å².